The summed E-state index contributed by atoms with van der Waals surface area (Å²) in [6.45, 7) is 5.34. The molecule has 0 aliphatic carbocycles. The molecule has 1 aromatic carbocycles. The largest absolute Gasteiger partial charge is 0.364 e. The van der Waals surface area contributed by atoms with Gasteiger partial charge in [0.15, 0.2) is 0 Å². The fourth-order valence-electron chi connectivity index (χ4n) is 1.88. The Balaban J connectivity index is 2.00. The average Bonchev–Trinajstić information content (AvgIpc) is 2.42. The third kappa shape index (κ3) is 3.76. The van der Waals surface area contributed by atoms with E-state index in [0.717, 1.165) is 30.2 Å². The Morgan fingerprint density at radius 1 is 1.11 bits per heavy atom. The van der Waals surface area contributed by atoms with Crippen molar-refractivity contribution in [2.75, 3.05) is 11.9 Å². The van der Waals surface area contributed by atoms with Crippen LogP contribution in [0.1, 0.15) is 22.5 Å². The van der Waals surface area contributed by atoms with Gasteiger partial charge in [-0.1, -0.05) is 24.3 Å². The van der Waals surface area contributed by atoms with Gasteiger partial charge < -0.3 is 11.1 Å². The quantitative estimate of drug-likeness (QED) is 0.861. The maximum absolute atomic E-state index is 5.54. The molecule has 0 amide bonds. The summed E-state index contributed by atoms with van der Waals surface area (Å²) in [5, 5.41) is 3.32. The van der Waals surface area contributed by atoms with Crippen molar-refractivity contribution in [3.63, 3.8) is 0 Å². The van der Waals surface area contributed by atoms with Gasteiger partial charge in [0.25, 0.3) is 0 Å². The highest BCUT2D eigenvalue weighted by molar-refractivity contribution is 5.40. The minimum absolute atomic E-state index is 0.690. The van der Waals surface area contributed by atoms with Crippen molar-refractivity contribution in [1.29, 1.82) is 0 Å². The fraction of sp³-hybridized carbons (Fsp3) is 0.333. The molecular formula is C15H20N4. The van der Waals surface area contributed by atoms with E-state index in [1.54, 1.807) is 6.20 Å². The average molecular weight is 256 g/mol. The molecule has 0 saturated heterocycles. The lowest BCUT2D eigenvalue weighted by Gasteiger charge is -2.09. The Morgan fingerprint density at radius 3 is 2.47 bits per heavy atom. The molecule has 0 fully saturated rings. The maximum atomic E-state index is 5.54. The van der Waals surface area contributed by atoms with Gasteiger partial charge >= 0.3 is 0 Å². The third-order valence-corrected chi connectivity index (χ3v) is 2.99. The lowest BCUT2D eigenvalue weighted by Crippen LogP contribution is -2.06. The van der Waals surface area contributed by atoms with Gasteiger partial charge in [0, 0.05) is 12.7 Å². The van der Waals surface area contributed by atoms with Crippen molar-refractivity contribution >= 4 is 5.82 Å². The second kappa shape index (κ2) is 6.29. The van der Waals surface area contributed by atoms with Crippen LogP contribution >= 0.6 is 0 Å². The third-order valence-electron chi connectivity index (χ3n) is 2.99. The highest BCUT2D eigenvalue weighted by atomic mass is 15.0. The molecule has 19 heavy (non-hydrogen) atoms. The van der Waals surface area contributed by atoms with Crippen LogP contribution in [0.25, 0.3) is 0 Å². The van der Waals surface area contributed by atoms with Crippen LogP contribution in [-0.4, -0.2) is 16.5 Å². The van der Waals surface area contributed by atoms with E-state index >= 15 is 0 Å². The summed E-state index contributed by atoms with van der Waals surface area (Å²) in [5.41, 5.74) is 9.88. The van der Waals surface area contributed by atoms with Crippen molar-refractivity contribution in [2.24, 2.45) is 5.73 Å². The van der Waals surface area contributed by atoms with Gasteiger partial charge in [-0.2, -0.15) is 0 Å². The number of hydrogen-bond donors (Lipinski definition) is 2. The maximum Gasteiger partial charge on any atom is 0.148 e. The van der Waals surface area contributed by atoms with Crippen molar-refractivity contribution in [1.82, 2.24) is 9.97 Å². The Kier molecular flexibility index (Phi) is 4.47. The molecule has 0 aliphatic rings. The van der Waals surface area contributed by atoms with E-state index in [1.165, 1.54) is 11.1 Å². The van der Waals surface area contributed by atoms with Gasteiger partial charge in [0.1, 0.15) is 5.82 Å². The summed E-state index contributed by atoms with van der Waals surface area (Å²) in [6.07, 6.45) is 2.71. The van der Waals surface area contributed by atoms with Crippen LogP contribution in [0, 0.1) is 13.8 Å². The van der Waals surface area contributed by atoms with E-state index in [1.807, 2.05) is 13.8 Å². The molecule has 2 rings (SSSR count). The van der Waals surface area contributed by atoms with Crippen LogP contribution in [0.2, 0.25) is 0 Å². The highest BCUT2D eigenvalue weighted by Gasteiger charge is 2.01. The molecule has 0 atom stereocenters. The minimum atomic E-state index is 0.690. The summed E-state index contributed by atoms with van der Waals surface area (Å²) in [7, 11) is 0. The zero-order valence-electron chi connectivity index (χ0n) is 11.5. The Labute approximate surface area is 114 Å². The number of aryl methyl sites for hydroxylation is 2. The van der Waals surface area contributed by atoms with Gasteiger partial charge in [-0.25, -0.2) is 4.98 Å². The van der Waals surface area contributed by atoms with Crippen molar-refractivity contribution in [3.05, 3.63) is 53.0 Å². The van der Waals surface area contributed by atoms with E-state index in [0.29, 0.717) is 6.54 Å². The summed E-state index contributed by atoms with van der Waals surface area (Å²) in [5.74, 6) is 0.853. The molecule has 0 bridgehead atoms. The minimum Gasteiger partial charge on any atom is -0.364 e. The normalized spacial score (nSPS) is 10.5. The Morgan fingerprint density at radius 2 is 1.79 bits per heavy atom. The predicted octanol–water partition coefficient (Wildman–Crippen LogP) is 2.21. The van der Waals surface area contributed by atoms with Gasteiger partial charge in [-0.05, 0) is 37.9 Å². The second-order valence-electron chi connectivity index (χ2n) is 4.65. The summed E-state index contributed by atoms with van der Waals surface area (Å²) < 4.78 is 0. The van der Waals surface area contributed by atoms with Crippen LogP contribution in [-0.2, 0) is 13.0 Å². The van der Waals surface area contributed by atoms with Crippen molar-refractivity contribution < 1.29 is 0 Å². The summed E-state index contributed by atoms with van der Waals surface area (Å²) >= 11 is 0. The SMILES string of the molecule is Cc1cnc(C)c(NCc2ccc(CCN)cc2)n1. The molecule has 2 aromatic rings. The zero-order valence-corrected chi connectivity index (χ0v) is 11.5. The molecule has 3 N–H and O–H groups in total. The first-order valence-electron chi connectivity index (χ1n) is 6.51. The number of rotatable bonds is 5. The molecule has 4 heteroatoms. The molecule has 1 aromatic heterocycles. The monoisotopic (exact) mass is 256 g/mol. The number of nitrogens with one attached hydrogen (secondary N) is 1. The van der Waals surface area contributed by atoms with Crippen LogP contribution in [0.5, 0.6) is 0 Å². The number of nitrogens with zero attached hydrogens (tertiary/aromatic N) is 2. The van der Waals surface area contributed by atoms with Gasteiger partial charge in [0.05, 0.1) is 11.4 Å². The number of nitrogens with two attached hydrogens (primary N) is 1. The van der Waals surface area contributed by atoms with Crippen molar-refractivity contribution in [3.8, 4) is 0 Å². The lowest BCUT2D eigenvalue weighted by atomic mass is 10.1. The molecule has 1 heterocycles. The van der Waals surface area contributed by atoms with Gasteiger partial charge in [0.2, 0.25) is 0 Å². The Hall–Kier alpha value is -1.94. The number of benzene rings is 1. The smallest absolute Gasteiger partial charge is 0.148 e. The van der Waals surface area contributed by atoms with E-state index in [-0.39, 0.29) is 0 Å². The van der Waals surface area contributed by atoms with E-state index in [2.05, 4.69) is 39.6 Å². The van der Waals surface area contributed by atoms with Crippen LogP contribution in [0.3, 0.4) is 0 Å². The number of hydrogen-bond acceptors (Lipinski definition) is 4. The number of aromatic nitrogens is 2. The molecule has 4 nitrogen and oxygen atoms in total. The first-order chi connectivity index (χ1) is 9.19. The molecule has 0 unspecified atom stereocenters. The first-order valence-corrected chi connectivity index (χ1v) is 6.51. The first kappa shape index (κ1) is 13.5. The predicted molar refractivity (Wildman–Crippen MR) is 78.0 cm³/mol. The molecule has 0 saturated carbocycles. The molecule has 0 aliphatic heterocycles. The summed E-state index contributed by atoms with van der Waals surface area (Å²) in [4.78, 5) is 8.74. The zero-order chi connectivity index (χ0) is 13.7. The van der Waals surface area contributed by atoms with Crippen LogP contribution in [0.4, 0.5) is 5.82 Å². The second-order valence-corrected chi connectivity index (χ2v) is 4.65. The van der Waals surface area contributed by atoms with Crippen LogP contribution in [0.15, 0.2) is 30.5 Å². The van der Waals surface area contributed by atoms with E-state index < -0.39 is 0 Å². The van der Waals surface area contributed by atoms with Gasteiger partial charge in [-0.3, -0.25) is 4.98 Å². The molecular weight excluding hydrogens is 236 g/mol. The topological polar surface area (TPSA) is 63.8 Å². The Bertz CT molecular complexity index is 534. The molecule has 0 spiro atoms. The molecule has 100 valence electrons. The molecule has 0 radical (unpaired) electrons. The van der Waals surface area contributed by atoms with Crippen molar-refractivity contribution in [2.45, 2.75) is 26.8 Å². The highest BCUT2D eigenvalue weighted by Crippen LogP contribution is 2.11. The van der Waals surface area contributed by atoms with E-state index in [4.69, 9.17) is 5.73 Å². The number of anilines is 1. The van der Waals surface area contributed by atoms with Gasteiger partial charge in [-0.15, -0.1) is 0 Å². The summed E-state index contributed by atoms with van der Waals surface area (Å²) in [6, 6.07) is 8.49. The lowest BCUT2D eigenvalue weighted by molar-refractivity contribution is 0.964. The fourth-order valence-corrected chi connectivity index (χ4v) is 1.88. The van der Waals surface area contributed by atoms with Crippen LogP contribution < -0.4 is 11.1 Å². The van der Waals surface area contributed by atoms with E-state index in [9.17, 15) is 0 Å². The standard InChI is InChI=1S/C15H20N4/c1-11-9-17-12(2)15(19-11)18-10-14-5-3-13(4-6-14)7-8-16/h3-6,9H,7-8,10,16H2,1-2H3,(H,18,19).